The Morgan fingerprint density at radius 3 is 1.75 bits per heavy atom. The molecule has 0 aromatic heterocycles. The molecule has 0 rings (SSSR count). The molecule has 6 heteroatoms. The number of nitrogens with two attached hydrogens (primary N) is 1. The maximum atomic E-state index is 9.89. The summed E-state index contributed by atoms with van der Waals surface area (Å²) in [6, 6.07) is 0. The summed E-state index contributed by atoms with van der Waals surface area (Å²) in [7, 11) is 2.23. The Morgan fingerprint density at radius 1 is 1.33 bits per heavy atom. The van der Waals surface area contributed by atoms with Crippen LogP contribution in [0.2, 0.25) is 0 Å². The van der Waals surface area contributed by atoms with Gasteiger partial charge < -0.3 is 10.6 Å². The van der Waals surface area contributed by atoms with E-state index in [2.05, 4.69) is 0 Å². The lowest BCUT2D eigenvalue weighted by Crippen LogP contribution is -2.09. The van der Waals surface area contributed by atoms with E-state index in [-0.39, 0.29) is 5.75 Å². The van der Waals surface area contributed by atoms with Gasteiger partial charge in [-0.3, -0.25) is 4.55 Å². The van der Waals surface area contributed by atoms with Crippen LogP contribution >= 0.6 is 0 Å². The maximum Gasteiger partial charge on any atom is 0.264 e. The molecule has 0 amide bonds. The second kappa shape index (κ2) is 7.48. The van der Waals surface area contributed by atoms with Crippen LogP contribution in [0.4, 0.5) is 0 Å². The van der Waals surface area contributed by atoms with Gasteiger partial charge in [0.05, 0.1) is 5.75 Å². The average molecular weight is 198 g/mol. The van der Waals surface area contributed by atoms with Crippen molar-refractivity contribution < 1.29 is 13.0 Å². The summed E-state index contributed by atoms with van der Waals surface area (Å²) in [5, 5.41) is 0. The summed E-state index contributed by atoms with van der Waals surface area (Å²) in [4.78, 5) is 2.00. The number of nitrogens with zero attached hydrogens (tertiary/aromatic N) is 1. The molecule has 0 aliphatic heterocycles. The summed E-state index contributed by atoms with van der Waals surface area (Å²) >= 11 is 0. The lowest BCUT2D eigenvalue weighted by atomic mass is 10.5. The Bertz CT molecular complexity index is 174. The molecule has 0 fully saturated rings. The monoisotopic (exact) mass is 198 g/mol. The van der Waals surface area contributed by atoms with E-state index in [1.165, 1.54) is 0 Å². The maximum absolute atomic E-state index is 9.89. The van der Waals surface area contributed by atoms with E-state index >= 15 is 0 Å². The summed E-state index contributed by atoms with van der Waals surface area (Å²) in [6.45, 7) is 0.291. The summed E-state index contributed by atoms with van der Waals surface area (Å²) < 4.78 is 27.8. The average Bonchev–Trinajstić information content (AvgIpc) is 1.80. The smallest absolute Gasteiger partial charge is 0.264 e. The molecule has 0 atom stereocenters. The molecule has 0 saturated carbocycles. The van der Waals surface area contributed by atoms with Crippen LogP contribution in [-0.2, 0) is 10.1 Å². The van der Waals surface area contributed by atoms with E-state index in [1.54, 1.807) is 0 Å². The molecule has 0 saturated heterocycles. The first-order chi connectivity index (χ1) is 5.29. The summed E-state index contributed by atoms with van der Waals surface area (Å²) in [5.41, 5.74) is 4.96. The van der Waals surface area contributed by atoms with Crippen molar-refractivity contribution in [3.63, 3.8) is 0 Å². The zero-order chi connectivity index (χ0) is 10.2. The van der Waals surface area contributed by atoms with Gasteiger partial charge in [0.2, 0.25) is 0 Å². The quantitative estimate of drug-likeness (QED) is 0.592. The zero-order valence-electron chi connectivity index (χ0n) is 7.82. The van der Waals surface area contributed by atoms with Gasteiger partial charge in [0, 0.05) is 0 Å². The first kappa shape index (κ1) is 14.4. The molecular weight excluding hydrogens is 180 g/mol. The van der Waals surface area contributed by atoms with E-state index in [0.717, 1.165) is 0 Å². The van der Waals surface area contributed by atoms with E-state index in [4.69, 9.17) is 10.3 Å². The van der Waals surface area contributed by atoms with Crippen molar-refractivity contribution in [2.45, 2.75) is 6.42 Å². The van der Waals surface area contributed by atoms with Crippen LogP contribution < -0.4 is 5.73 Å². The van der Waals surface area contributed by atoms with Crippen LogP contribution in [0.5, 0.6) is 0 Å². The van der Waals surface area contributed by atoms with Crippen molar-refractivity contribution >= 4 is 10.1 Å². The third kappa shape index (κ3) is 32.9. The molecule has 76 valence electrons. The predicted molar refractivity (Wildman–Crippen MR) is 49.7 cm³/mol. The molecule has 3 N–H and O–H groups in total. The van der Waals surface area contributed by atoms with Crippen LogP contribution in [0.1, 0.15) is 6.42 Å². The molecule has 0 aromatic rings. The minimum absolute atomic E-state index is 0.233. The second-order valence-electron chi connectivity index (χ2n) is 2.77. The molecule has 0 heterocycles. The molecule has 5 nitrogen and oxygen atoms in total. The van der Waals surface area contributed by atoms with E-state index in [9.17, 15) is 8.42 Å². The fraction of sp³-hybridized carbons (Fsp3) is 1.00. The SMILES string of the molecule is CN(C)C.NCCCS(=O)(=O)O. The van der Waals surface area contributed by atoms with Crippen molar-refractivity contribution in [3.05, 3.63) is 0 Å². The van der Waals surface area contributed by atoms with Crippen molar-refractivity contribution in [2.24, 2.45) is 5.73 Å². The highest BCUT2D eigenvalue weighted by Gasteiger charge is 2.00. The molecule has 0 radical (unpaired) electrons. The zero-order valence-corrected chi connectivity index (χ0v) is 8.63. The number of hydrogen-bond donors (Lipinski definition) is 2. The van der Waals surface area contributed by atoms with Gasteiger partial charge in [0.15, 0.2) is 0 Å². The van der Waals surface area contributed by atoms with Crippen LogP contribution in [-0.4, -0.2) is 51.3 Å². The van der Waals surface area contributed by atoms with Crippen LogP contribution in [0, 0.1) is 0 Å². The van der Waals surface area contributed by atoms with E-state index < -0.39 is 10.1 Å². The molecule has 0 spiro atoms. The summed E-state index contributed by atoms with van der Waals surface area (Å²) in [5.74, 6) is -0.233. The van der Waals surface area contributed by atoms with Crippen LogP contribution in [0.3, 0.4) is 0 Å². The minimum atomic E-state index is -3.77. The largest absolute Gasteiger partial charge is 0.330 e. The summed E-state index contributed by atoms with van der Waals surface area (Å²) in [6.07, 6.45) is 0.318. The van der Waals surface area contributed by atoms with E-state index in [1.807, 2.05) is 26.0 Å². The van der Waals surface area contributed by atoms with Gasteiger partial charge in [0.1, 0.15) is 0 Å². The molecule has 0 bridgehead atoms. The fourth-order valence-corrected chi connectivity index (χ4v) is 0.797. The molecule has 12 heavy (non-hydrogen) atoms. The second-order valence-corrected chi connectivity index (χ2v) is 4.34. The van der Waals surface area contributed by atoms with Crippen LogP contribution in [0.15, 0.2) is 0 Å². The Balaban J connectivity index is 0. The predicted octanol–water partition coefficient (Wildman–Crippen LogP) is -0.599. The van der Waals surface area contributed by atoms with Crippen molar-refractivity contribution in [3.8, 4) is 0 Å². The van der Waals surface area contributed by atoms with Gasteiger partial charge >= 0.3 is 0 Å². The Morgan fingerprint density at radius 2 is 1.67 bits per heavy atom. The number of hydrogen-bond acceptors (Lipinski definition) is 4. The van der Waals surface area contributed by atoms with Gasteiger partial charge in [-0.25, -0.2) is 0 Å². The highest BCUT2D eigenvalue weighted by Crippen LogP contribution is 1.83. The molecule has 0 aliphatic rings. The lowest BCUT2D eigenvalue weighted by molar-refractivity contribution is 0.481. The van der Waals surface area contributed by atoms with Crippen molar-refractivity contribution in [2.75, 3.05) is 33.4 Å². The molecule has 0 aromatic carbocycles. The lowest BCUT2D eigenvalue weighted by Gasteiger charge is -1.90. The normalized spacial score (nSPS) is 10.8. The Hall–Kier alpha value is -0.170. The van der Waals surface area contributed by atoms with Gasteiger partial charge in [-0.2, -0.15) is 8.42 Å². The highest BCUT2D eigenvalue weighted by molar-refractivity contribution is 7.85. The molecular formula is C6H18N2O3S. The minimum Gasteiger partial charge on any atom is -0.330 e. The first-order valence-electron chi connectivity index (χ1n) is 3.55. The van der Waals surface area contributed by atoms with Gasteiger partial charge in [-0.1, -0.05) is 0 Å². The number of rotatable bonds is 3. The topological polar surface area (TPSA) is 83.6 Å². The Kier molecular flexibility index (Phi) is 8.95. The van der Waals surface area contributed by atoms with Crippen molar-refractivity contribution in [1.29, 1.82) is 0 Å². The third-order valence-electron chi connectivity index (χ3n) is 0.606. The van der Waals surface area contributed by atoms with Gasteiger partial charge in [0.25, 0.3) is 10.1 Å². The van der Waals surface area contributed by atoms with Crippen LogP contribution in [0.25, 0.3) is 0 Å². The third-order valence-corrected chi connectivity index (χ3v) is 1.41. The molecule has 0 aliphatic carbocycles. The van der Waals surface area contributed by atoms with Crippen molar-refractivity contribution in [1.82, 2.24) is 4.90 Å². The molecule has 0 unspecified atom stereocenters. The fourth-order valence-electron chi connectivity index (χ4n) is 0.266. The van der Waals surface area contributed by atoms with E-state index in [0.29, 0.717) is 13.0 Å². The first-order valence-corrected chi connectivity index (χ1v) is 5.16. The van der Waals surface area contributed by atoms with Gasteiger partial charge in [-0.05, 0) is 34.1 Å². The standard InChI is InChI=1S/C3H9NO3S.C3H9N/c4-2-1-3-8(5,6)7;1-4(2)3/h1-4H2,(H,5,6,7);1-3H3. The highest BCUT2D eigenvalue weighted by atomic mass is 32.2. The van der Waals surface area contributed by atoms with Gasteiger partial charge in [-0.15, -0.1) is 0 Å². The Labute approximate surface area is 74.3 Å².